The van der Waals surface area contributed by atoms with Crippen LogP contribution in [0.15, 0.2) is 36.9 Å². The third-order valence-corrected chi connectivity index (χ3v) is 6.82. The molecular formula is C25H35FO. The van der Waals surface area contributed by atoms with E-state index in [4.69, 9.17) is 4.74 Å². The normalized spacial score (nSPS) is 29.1. The maximum absolute atomic E-state index is 15.0. The van der Waals surface area contributed by atoms with Crippen molar-refractivity contribution in [1.82, 2.24) is 0 Å². The number of halogens is 1. The van der Waals surface area contributed by atoms with Crippen molar-refractivity contribution in [2.24, 2.45) is 17.8 Å². The third kappa shape index (κ3) is 4.90. The molecule has 2 unspecified atom stereocenters. The lowest BCUT2D eigenvalue weighted by atomic mass is 9.73. The summed E-state index contributed by atoms with van der Waals surface area (Å²) in [4.78, 5) is 0. The molecule has 0 amide bonds. The van der Waals surface area contributed by atoms with E-state index in [9.17, 15) is 4.39 Å². The van der Waals surface area contributed by atoms with Crippen LogP contribution in [0.2, 0.25) is 0 Å². The monoisotopic (exact) mass is 370 g/mol. The van der Waals surface area contributed by atoms with Gasteiger partial charge in [0.25, 0.3) is 0 Å². The summed E-state index contributed by atoms with van der Waals surface area (Å²) >= 11 is 0. The van der Waals surface area contributed by atoms with Gasteiger partial charge in [0.1, 0.15) is 5.82 Å². The SMILES string of the molecule is C=CC1CCC(C2CCC(c3ccc(CC/C=C/C)c(C)c3F)OC2)CC1. The van der Waals surface area contributed by atoms with E-state index in [1.807, 2.05) is 19.9 Å². The molecule has 1 saturated heterocycles. The Morgan fingerprint density at radius 1 is 1.11 bits per heavy atom. The van der Waals surface area contributed by atoms with Crippen molar-refractivity contribution in [3.63, 3.8) is 0 Å². The molecular weight excluding hydrogens is 335 g/mol. The molecule has 0 N–H and O–H groups in total. The summed E-state index contributed by atoms with van der Waals surface area (Å²) < 4.78 is 21.2. The zero-order chi connectivity index (χ0) is 19.2. The molecule has 1 aliphatic heterocycles. The number of aryl methyl sites for hydroxylation is 1. The Morgan fingerprint density at radius 3 is 2.48 bits per heavy atom. The molecule has 2 aliphatic rings. The lowest BCUT2D eigenvalue weighted by Gasteiger charge is -2.37. The van der Waals surface area contributed by atoms with Gasteiger partial charge in [-0.1, -0.05) is 30.4 Å². The van der Waals surface area contributed by atoms with Crippen LogP contribution in [0, 0.1) is 30.5 Å². The zero-order valence-corrected chi connectivity index (χ0v) is 17.1. The van der Waals surface area contributed by atoms with Crippen LogP contribution in [-0.2, 0) is 11.2 Å². The van der Waals surface area contributed by atoms with Crippen molar-refractivity contribution < 1.29 is 9.13 Å². The molecule has 3 rings (SSSR count). The van der Waals surface area contributed by atoms with Gasteiger partial charge in [0.05, 0.1) is 12.7 Å². The minimum absolute atomic E-state index is 0.0529. The molecule has 1 heterocycles. The molecule has 0 bridgehead atoms. The smallest absolute Gasteiger partial charge is 0.132 e. The Morgan fingerprint density at radius 2 is 1.85 bits per heavy atom. The van der Waals surface area contributed by atoms with Crippen LogP contribution in [0.3, 0.4) is 0 Å². The molecule has 0 spiro atoms. The second-order valence-corrected chi connectivity index (χ2v) is 8.43. The van der Waals surface area contributed by atoms with Crippen molar-refractivity contribution in [2.75, 3.05) is 6.61 Å². The fourth-order valence-corrected chi connectivity index (χ4v) is 4.91. The summed E-state index contributed by atoms with van der Waals surface area (Å²) in [5.41, 5.74) is 2.67. The average molecular weight is 371 g/mol. The summed E-state index contributed by atoms with van der Waals surface area (Å²) in [6.07, 6.45) is 15.3. The van der Waals surface area contributed by atoms with Gasteiger partial charge < -0.3 is 4.74 Å². The van der Waals surface area contributed by atoms with Crippen molar-refractivity contribution in [3.8, 4) is 0 Å². The van der Waals surface area contributed by atoms with Gasteiger partial charge in [0, 0.05) is 5.56 Å². The van der Waals surface area contributed by atoms with Crippen LogP contribution < -0.4 is 0 Å². The molecule has 1 aromatic rings. The van der Waals surface area contributed by atoms with Crippen molar-refractivity contribution >= 4 is 0 Å². The highest BCUT2D eigenvalue weighted by Gasteiger charge is 2.32. The van der Waals surface area contributed by atoms with Gasteiger partial charge in [-0.3, -0.25) is 0 Å². The van der Waals surface area contributed by atoms with Crippen LogP contribution >= 0.6 is 0 Å². The number of hydrogen-bond donors (Lipinski definition) is 0. The quantitative estimate of drug-likeness (QED) is 0.485. The third-order valence-electron chi connectivity index (χ3n) is 6.82. The van der Waals surface area contributed by atoms with E-state index in [-0.39, 0.29) is 11.9 Å². The van der Waals surface area contributed by atoms with E-state index in [2.05, 4.69) is 30.9 Å². The number of benzene rings is 1. The standard InChI is InChI=1S/C25H35FO/c1-4-6-7-8-20-13-15-23(25(26)18(20)3)24-16-14-22(17-27-24)21-11-9-19(5-2)10-12-21/h4-6,13,15,19,21-22,24H,2,7-12,14,16-17H2,1,3H3/b6-4+. The van der Waals surface area contributed by atoms with Crippen LogP contribution in [0.1, 0.15) is 74.7 Å². The minimum atomic E-state index is -0.0750. The summed E-state index contributed by atoms with van der Waals surface area (Å²) in [6.45, 7) is 8.66. The predicted octanol–water partition coefficient (Wildman–Crippen LogP) is 7.10. The molecule has 0 radical (unpaired) electrons. The fourth-order valence-electron chi connectivity index (χ4n) is 4.91. The van der Waals surface area contributed by atoms with E-state index in [1.165, 1.54) is 25.7 Å². The van der Waals surface area contributed by atoms with Crippen LogP contribution in [0.4, 0.5) is 4.39 Å². The minimum Gasteiger partial charge on any atom is -0.373 e. The maximum atomic E-state index is 15.0. The summed E-state index contributed by atoms with van der Waals surface area (Å²) in [5, 5.41) is 0. The van der Waals surface area contributed by atoms with Gasteiger partial charge in [0.2, 0.25) is 0 Å². The van der Waals surface area contributed by atoms with Crippen LogP contribution in [-0.4, -0.2) is 6.61 Å². The summed E-state index contributed by atoms with van der Waals surface area (Å²) in [5.74, 6) is 2.09. The first-order valence-corrected chi connectivity index (χ1v) is 10.8. The predicted molar refractivity (Wildman–Crippen MR) is 111 cm³/mol. The fraction of sp³-hybridized carbons (Fsp3) is 0.600. The summed E-state index contributed by atoms with van der Waals surface area (Å²) in [7, 11) is 0. The molecule has 1 aromatic carbocycles. The second-order valence-electron chi connectivity index (χ2n) is 8.43. The number of allylic oxidation sites excluding steroid dienone is 3. The second kappa shape index (κ2) is 9.68. The van der Waals surface area contributed by atoms with Gasteiger partial charge in [-0.2, -0.15) is 0 Å². The summed E-state index contributed by atoms with van der Waals surface area (Å²) in [6, 6.07) is 4.07. The Bertz CT molecular complexity index is 647. The lowest BCUT2D eigenvalue weighted by Crippen LogP contribution is -2.29. The molecule has 0 aromatic heterocycles. The first-order chi connectivity index (χ1) is 13.1. The highest BCUT2D eigenvalue weighted by Crippen LogP contribution is 2.41. The van der Waals surface area contributed by atoms with E-state index < -0.39 is 0 Å². The van der Waals surface area contributed by atoms with E-state index in [0.717, 1.165) is 54.9 Å². The van der Waals surface area contributed by atoms with Crippen molar-refractivity contribution in [3.05, 3.63) is 59.4 Å². The largest absolute Gasteiger partial charge is 0.373 e. The van der Waals surface area contributed by atoms with Crippen molar-refractivity contribution in [1.29, 1.82) is 0 Å². The van der Waals surface area contributed by atoms with Gasteiger partial charge in [-0.15, -0.1) is 6.58 Å². The zero-order valence-electron chi connectivity index (χ0n) is 17.1. The van der Waals surface area contributed by atoms with E-state index in [1.54, 1.807) is 0 Å². The average Bonchev–Trinajstić information content (AvgIpc) is 2.72. The molecule has 2 heteroatoms. The molecule has 148 valence electrons. The molecule has 2 fully saturated rings. The first-order valence-electron chi connectivity index (χ1n) is 10.8. The van der Waals surface area contributed by atoms with Gasteiger partial charge in [0.15, 0.2) is 0 Å². The number of rotatable bonds is 6. The van der Waals surface area contributed by atoms with Gasteiger partial charge in [-0.25, -0.2) is 4.39 Å². The maximum Gasteiger partial charge on any atom is 0.132 e. The van der Waals surface area contributed by atoms with Crippen LogP contribution in [0.25, 0.3) is 0 Å². The molecule has 1 aliphatic carbocycles. The van der Waals surface area contributed by atoms with E-state index >= 15 is 0 Å². The van der Waals surface area contributed by atoms with E-state index in [0.29, 0.717) is 11.8 Å². The van der Waals surface area contributed by atoms with Crippen LogP contribution in [0.5, 0.6) is 0 Å². The van der Waals surface area contributed by atoms with Crippen molar-refractivity contribution in [2.45, 2.75) is 71.3 Å². The van der Waals surface area contributed by atoms with Gasteiger partial charge >= 0.3 is 0 Å². The Labute approximate surface area is 164 Å². The highest BCUT2D eigenvalue weighted by molar-refractivity contribution is 5.34. The molecule has 2 atom stereocenters. The molecule has 1 nitrogen and oxygen atoms in total. The number of hydrogen-bond acceptors (Lipinski definition) is 1. The Hall–Kier alpha value is -1.41. The Kier molecular flexibility index (Phi) is 7.29. The molecule has 1 saturated carbocycles. The number of ether oxygens (including phenoxy) is 1. The van der Waals surface area contributed by atoms with Gasteiger partial charge in [-0.05, 0) is 94.1 Å². The lowest BCUT2D eigenvalue weighted by molar-refractivity contribution is -0.0410. The molecule has 27 heavy (non-hydrogen) atoms. The topological polar surface area (TPSA) is 9.23 Å². The Balaban J connectivity index is 1.57. The highest BCUT2D eigenvalue weighted by atomic mass is 19.1. The first kappa shape index (κ1) is 20.3.